The van der Waals surface area contributed by atoms with Gasteiger partial charge in [-0.3, -0.25) is 9.69 Å². The second-order valence-corrected chi connectivity index (χ2v) is 5.48. The Morgan fingerprint density at radius 1 is 1.29 bits per heavy atom. The second-order valence-electron chi connectivity index (χ2n) is 5.48. The summed E-state index contributed by atoms with van der Waals surface area (Å²) in [6.07, 6.45) is 0.188. The van der Waals surface area contributed by atoms with Gasteiger partial charge in [-0.05, 0) is 33.1 Å². The number of carbonyl (C=O) groups excluding carboxylic acids is 1. The minimum Gasteiger partial charge on any atom is -0.480 e. The maximum absolute atomic E-state index is 11.7. The van der Waals surface area contributed by atoms with Crippen LogP contribution >= 0.6 is 0 Å². The molecule has 1 N–H and O–H groups in total. The van der Waals surface area contributed by atoms with E-state index in [0.29, 0.717) is 12.5 Å². The fourth-order valence-corrected chi connectivity index (χ4v) is 1.14. The summed E-state index contributed by atoms with van der Waals surface area (Å²) in [7, 11) is 0. The number of ether oxygens (including phenoxy) is 1. The molecule has 0 aromatic rings. The fraction of sp³-hybridized carbons (Fsp3) is 0.833. The maximum atomic E-state index is 11.7. The summed E-state index contributed by atoms with van der Waals surface area (Å²) in [4.78, 5) is 23.7. The molecule has 5 nitrogen and oxygen atoms in total. The van der Waals surface area contributed by atoms with E-state index in [2.05, 4.69) is 0 Å². The van der Waals surface area contributed by atoms with Gasteiger partial charge in [-0.1, -0.05) is 13.8 Å². The molecule has 0 fully saturated rings. The molecule has 0 aromatic carbocycles. The Morgan fingerprint density at radius 3 is 2.18 bits per heavy atom. The summed E-state index contributed by atoms with van der Waals surface area (Å²) >= 11 is 0. The van der Waals surface area contributed by atoms with Gasteiger partial charge in [-0.15, -0.1) is 0 Å². The Labute approximate surface area is 103 Å². The Kier molecular flexibility index (Phi) is 5.99. The zero-order chi connectivity index (χ0) is 13.6. The number of carbonyl (C=O) groups is 2. The third-order valence-corrected chi connectivity index (χ3v) is 1.95. The molecule has 100 valence electrons. The van der Waals surface area contributed by atoms with Crippen molar-refractivity contribution in [2.45, 2.75) is 46.6 Å². The summed E-state index contributed by atoms with van der Waals surface area (Å²) in [5.41, 5.74) is -0.605. The van der Waals surface area contributed by atoms with Crippen molar-refractivity contribution in [2.75, 3.05) is 13.1 Å². The molecule has 0 radical (unpaired) electrons. The highest BCUT2D eigenvalue weighted by Crippen LogP contribution is 2.11. The first-order valence-corrected chi connectivity index (χ1v) is 5.81. The third kappa shape index (κ3) is 8.54. The summed E-state index contributed by atoms with van der Waals surface area (Å²) < 4.78 is 5.16. The topological polar surface area (TPSA) is 66.8 Å². The average molecular weight is 245 g/mol. The Balaban J connectivity index is 4.45. The van der Waals surface area contributed by atoms with Gasteiger partial charge in [-0.25, -0.2) is 4.79 Å². The van der Waals surface area contributed by atoms with Crippen LogP contribution in [0.3, 0.4) is 0 Å². The van der Waals surface area contributed by atoms with E-state index in [9.17, 15) is 9.59 Å². The van der Waals surface area contributed by atoms with E-state index < -0.39 is 17.7 Å². The molecule has 0 unspecified atom stereocenters. The predicted octanol–water partition coefficient (Wildman–Crippen LogP) is 2.35. The normalized spacial score (nSPS) is 11.4. The van der Waals surface area contributed by atoms with Crippen LogP contribution in [0.15, 0.2) is 0 Å². The smallest absolute Gasteiger partial charge is 0.410 e. The molecule has 0 aliphatic carbocycles. The molecule has 0 rings (SSSR count). The summed E-state index contributed by atoms with van der Waals surface area (Å²) in [6, 6.07) is 0. The highest BCUT2D eigenvalue weighted by molar-refractivity contribution is 5.76. The van der Waals surface area contributed by atoms with Crippen molar-refractivity contribution in [3.63, 3.8) is 0 Å². The van der Waals surface area contributed by atoms with Crippen LogP contribution in [0.1, 0.15) is 41.0 Å². The van der Waals surface area contributed by atoms with Gasteiger partial charge in [-0.2, -0.15) is 0 Å². The third-order valence-electron chi connectivity index (χ3n) is 1.95. The largest absolute Gasteiger partial charge is 0.480 e. The molecule has 0 atom stereocenters. The predicted molar refractivity (Wildman–Crippen MR) is 64.9 cm³/mol. The van der Waals surface area contributed by atoms with E-state index in [0.717, 1.165) is 6.42 Å². The average Bonchev–Trinajstić information content (AvgIpc) is 2.08. The monoisotopic (exact) mass is 245 g/mol. The molecule has 0 aliphatic rings. The van der Waals surface area contributed by atoms with Crippen LogP contribution < -0.4 is 0 Å². The highest BCUT2D eigenvalue weighted by atomic mass is 16.6. The lowest BCUT2D eigenvalue weighted by atomic mass is 10.1. The van der Waals surface area contributed by atoms with Crippen LogP contribution in [0.4, 0.5) is 4.79 Å². The molecular formula is C12H23NO4. The van der Waals surface area contributed by atoms with Crippen molar-refractivity contribution < 1.29 is 19.4 Å². The quantitative estimate of drug-likeness (QED) is 0.807. The van der Waals surface area contributed by atoms with Crippen molar-refractivity contribution >= 4 is 12.1 Å². The van der Waals surface area contributed by atoms with Crippen molar-refractivity contribution in [3.8, 4) is 0 Å². The highest BCUT2D eigenvalue weighted by Gasteiger charge is 2.23. The number of nitrogens with zero attached hydrogens (tertiary/aromatic N) is 1. The summed E-state index contributed by atoms with van der Waals surface area (Å²) in [6.45, 7) is 9.40. The Bertz CT molecular complexity index is 268. The number of amides is 1. The number of rotatable bonds is 5. The molecule has 0 heterocycles. The molecule has 0 aliphatic heterocycles. The fourth-order valence-electron chi connectivity index (χ4n) is 1.14. The lowest BCUT2D eigenvalue weighted by Crippen LogP contribution is -2.40. The van der Waals surface area contributed by atoms with Crippen molar-refractivity contribution in [3.05, 3.63) is 0 Å². The van der Waals surface area contributed by atoms with Crippen molar-refractivity contribution in [1.29, 1.82) is 0 Å². The zero-order valence-corrected chi connectivity index (χ0v) is 11.3. The molecular weight excluding hydrogens is 222 g/mol. The minimum atomic E-state index is -1.03. The molecule has 0 bridgehead atoms. The van der Waals surface area contributed by atoms with Gasteiger partial charge in [0.1, 0.15) is 12.1 Å². The molecule has 0 aromatic heterocycles. The summed E-state index contributed by atoms with van der Waals surface area (Å²) in [5, 5.41) is 8.75. The number of hydrogen-bond acceptors (Lipinski definition) is 3. The standard InChI is InChI=1S/C12H23NO4/c1-9(2)6-7-13(8-10(14)15)11(16)17-12(3,4)5/h9H,6-8H2,1-5H3,(H,14,15). The first-order chi connectivity index (χ1) is 7.61. The van der Waals surface area contributed by atoms with E-state index in [-0.39, 0.29) is 6.54 Å². The van der Waals surface area contributed by atoms with Gasteiger partial charge in [0.2, 0.25) is 0 Å². The number of carboxylic acids is 1. The maximum Gasteiger partial charge on any atom is 0.410 e. The van der Waals surface area contributed by atoms with Crippen LogP contribution in [0.5, 0.6) is 0 Å². The van der Waals surface area contributed by atoms with Crippen LogP contribution in [0, 0.1) is 5.92 Å². The lowest BCUT2D eigenvalue weighted by molar-refractivity contribution is -0.138. The van der Waals surface area contributed by atoms with E-state index in [1.54, 1.807) is 20.8 Å². The van der Waals surface area contributed by atoms with E-state index >= 15 is 0 Å². The molecule has 0 saturated heterocycles. The zero-order valence-electron chi connectivity index (χ0n) is 11.3. The van der Waals surface area contributed by atoms with Gasteiger partial charge in [0.05, 0.1) is 0 Å². The number of aliphatic carboxylic acids is 1. The molecule has 1 amide bonds. The van der Waals surface area contributed by atoms with Crippen LogP contribution in [0.2, 0.25) is 0 Å². The Morgan fingerprint density at radius 2 is 1.82 bits per heavy atom. The molecule has 0 spiro atoms. The van der Waals surface area contributed by atoms with Gasteiger partial charge in [0.25, 0.3) is 0 Å². The molecule has 0 saturated carbocycles. The van der Waals surface area contributed by atoms with Crippen LogP contribution in [-0.2, 0) is 9.53 Å². The molecule has 5 heteroatoms. The summed E-state index contributed by atoms with van der Waals surface area (Å²) in [5.74, 6) is -0.617. The van der Waals surface area contributed by atoms with Crippen molar-refractivity contribution in [2.24, 2.45) is 5.92 Å². The number of hydrogen-bond donors (Lipinski definition) is 1. The SMILES string of the molecule is CC(C)CCN(CC(=O)O)C(=O)OC(C)(C)C. The van der Waals surface area contributed by atoms with E-state index in [4.69, 9.17) is 9.84 Å². The molecule has 17 heavy (non-hydrogen) atoms. The van der Waals surface area contributed by atoms with E-state index in [1.165, 1.54) is 4.90 Å². The van der Waals surface area contributed by atoms with Gasteiger partial charge < -0.3 is 9.84 Å². The van der Waals surface area contributed by atoms with Gasteiger partial charge in [0.15, 0.2) is 0 Å². The Hall–Kier alpha value is -1.26. The van der Waals surface area contributed by atoms with Crippen molar-refractivity contribution in [1.82, 2.24) is 4.90 Å². The minimum absolute atomic E-state index is 0.318. The first-order valence-electron chi connectivity index (χ1n) is 5.81. The first kappa shape index (κ1) is 15.7. The van der Waals surface area contributed by atoms with Gasteiger partial charge in [0, 0.05) is 6.54 Å². The second kappa shape index (κ2) is 6.47. The van der Waals surface area contributed by atoms with E-state index in [1.807, 2.05) is 13.8 Å². The van der Waals surface area contributed by atoms with Crippen LogP contribution in [-0.4, -0.2) is 40.8 Å². The number of carboxylic acid groups (broad SMARTS) is 1. The van der Waals surface area contributed by atoms with Crippen LogP contribution in [0.25, 0.3) is 0 Å². The van der Waals surface area contributed by atoms with Gasteiger partial charge >= 0.3 is 12.1 Å². The lowest BCUT2D eigenvalue weighted by Gasteiger charge is -2.26.